The van der Waals surface area contributed by atoms with Crippen LogP contribution in [0.2, 0.25) is 0 Å². The molecule has 1 aliphatic heterocycles. The number of carbonyl (C=O) groups excluding carboxylic acids is 1. The smallest absolute Gasteiger partial charge is 0.316 e. The van der Waals surface area contributed by atoms with Crippen LogP contribution in [0.1, 0.15) is 47.0 Å². The highest BCUT2D eigenvalue weighted by atomic mass is 16.6. The first-order chi connectivity index (χ1) is 9.34. The van der Waals surface area contributed by atoms with Gasteiger partial charge in [-0.25, -0.2) is 0 Å². The monoisotopic (exact) mass is 283 g/mol. The highest BCUT2D eigenvalue weighted by molar-refractivity contribution is 5.78. The van der Waals surface area contributed by atoms with Gasteiger partial charge < -0.3 is 15.2 Å². The lowest BCUT2D eigenvalue weighted by Gasteiger charge is -2.38. The molecule has 116 valence electrons. The average molecular weight is 283 g/mol. The fraction of sp³-hybridized carbons (Fsp3) is 0.938. The Morgan fingerprint density at radius 2 is 2.10 bits per heavy atom. The molecule has 0 amide bonds. The van der Waals surface area contributed by atoms with Gasteiger partial charge in [-0.2, -0.15) is 0 Å². The highest BCUT2D eigenvalue weighted by Gasteiger charge is 2.47. The summed E-state index contributed by atoms with van der Waals surface area (Å²) in [5.74, 6) is 1.47. The zero-order chi connectivity index (χ0) is 14.9. The molecule has 1 saturated heterocycles. The van der Waals surface area contributed by atoms with Crippen molar-refractivity contribution in [3.05, 3.63) is 0 Å². The summed E-state index contributed by atoms with van der Waals surface area (Å²) in [6.07, 6.45) is 3.39. The molecule has 1 aliphatic carbocycles. The number of rotatable bonds is 3. The van der Waals surface area contributed by atoms with Crippen LogP contribution >= 0.6 is 0 Å². The number of ether oxygens (including phenoxy) is 2. The largest absolute Gasteiger partial charge is 0.462 e. The van der Waals surface area contributed by atoms with Crippen LogP contribution in [0.5, 0.6) is 0 Å². The summed E-state index contributed by atoms with van der Waals surface area (Å²) in [5, 5.41) is 0. The van der Waals surface area contributed by atoms with Gasteiger partial charge in [0.15, 0.2) is 0 Å². The topological polar surface area (TPSA) is 61.5 Å². The summed E-state index contributed by atoms with van der Waals surface area (Å²) >= 11 is 0. The molecule has 4 heteroatoms. The summed E-state index contributed by atoms with van der Waals surface area (Å²) in [5.41, 5.74) is 5.34. The van der Waals surface area contributed by atoms with Crippen molar-refractivity contribution < 1.29 is 14.3 Å². The summed E-state index contributed by atoms with van der Waals surface area (Å²) in [6, 6.07) is -0.256. The molecule has 2 rings (SSSR count). The minimum absolute atomic E-state index is 0.0378. The molecular formula is C16H29NO3. The predicted molar refractivity (Wildman–Crippen MR) is 78.1 cm³/mol. The van der Waals surface area contributed by atoms with Crippen molar-refractivity contribution in [3.63, 3.8) is 0 Å². The highest BCUT2D eigenvalue weighted by Crippen LogP contribution is 2.37. The van der Waals surface area contributed by atoms with Crippen molar-refractivity contribution >= 4 is 5.97 Å². The van der Waals surface area contributed by atoms with Gasteiger partial charge in [0.1, 0.15) is 11.5 Å². The first-order valence-corrected chi connectivity index (χ1v) is 7.89. The first kappa shape index (κ1) is 15.8. The third-order valence-corrected chi connectivity index (χ3v) is 5.20. The lowest BCUT2D eigenvalue weighted by Crippen LogP contribution is -2.48. The van der Waals surface area contributed by atoms with Gasteiger partial charge >= 0.3 is 5.97 Å². The molecule has 5 unspecified atom stereocenters. The van der Waals surface area contributed by atoms with Gasteiger partial charge in [-0.05, 0) is 37.5 Å². The number of hydrogen-bond acceptors (Lipinski definition) is 4. The summed E-state index contributed by atoms with van der Waals surface area (Å²) < 4.78 is 11.2. The fourth-order valence-electron chi connectivity index (χ4n) is 3.42. The Morgan fingerprint density at radius 1 is 1.40 bits per heavy atom. The van der Waals surface area contributed by atoms with Crippen molar-refractivity contribution in [3.8, 4) is 0 Å². The molecule has 0 aromatic heterocycles. The van der Waals surface area contributed by atoms with Gasteiger partial charge in [0.2, 0.25) is 0 Å². The molecule has 0 radical (unpaired) electrons. The second-order valence-corrected chi connectivity index (χ2v) is 7.31. The molecule has 0 aromatic rings. The van der Waals surface area contributed by atoms with Crippen molar-refractivity contribution in [1.82, 2.24) is 0 Å². The zero-order valence-corrected chi connectivity index (χ0v) is 13.2. The summed E-state index contributed by atoms with van der Waals surface area (Å²) in [6.45, 7) is 9.36. The maximum Gasteiger partial charge on any atom is 0.316 e. The van der Waals surface area contributed by atoms with E-state index >= 15 is 0 Å². The van der Waals surface area contributed by atoms with Gasteiger partial charge in [-0.1, -0.05) is 27.2 Å². The third-order valence-electron chi connectivity index (χ3n) is 5.20. The zero-order valence-electron chi connectivity index (χ0n) is 13.2. The second kappa shape index (κ2) is 6.02. The Morgan fingerprint density at radius 3 is 2.65 bits per heavy atom. The lowest BCUT2D eigenvalue weighted by atomic mass is 9.75. The number of nitrogens with two attached hydrogens (primary N) is 1. The maximum absolute atomic E-state index is 12.5. The summed E-state index contributed by atoms with van der Waals surface area (Å²) in [4.78, 5) is 12.5. The van der Waals surface area contributed by atoms with Crippen LogP contribution in [0.3, 0.4) is 0 Å². The standard InChI is InChI=1S/C16H29NO3/c1-10(2)12-6-5-11(3)7-13(12)20-15(18)16(4)9-19-8-14(16)17/h10-14H,5-9,17H2,1-4H3. The van der Waals surface area contributed by atoms with Crippen LogP contribution in [0, 0.1) is 23.2 Å². The SMILES string of the molecule is CC1CCC(C(C)C)C(OC(=O)C2(C)COCC2N)C1. The molecule has 2 aliphatic rings. The number of esters is 1. The predicted octanol–water partition coefficient (Wildman–Crippen LogP) is 2.35. The van der Waals surface area contributed by atoms with E-state index in [-0.39, 0.29) is 18.1 Å². The molecule has 2 fully saturated rings. The van der Waals surface area contributed by atoms with E-state index in [9.17, 15) is 4.79 Å². The van der Waals surface area contributed by atoms with E-state index in [1.165, 1.54) is 6.42 Å². The van der Waals surface area contributed by atoms with E-state index in [1.807, 2.05) is 6.92 Å². The fourth-order valence-corrected chi connectivity index (χ4v) is 3.42. The lowest BCUT2D eigenvalue weighted by molar-refractivity contribution is -0.168. The van der Waals surface area contributed by atoms with Crippen LogP contribution < -0.4 is 5.73 Å². The molecule has 20 heavy (non-hydrogen) atoms. The van der Waals surface area contributed by atoms with E-state index in [1.54, 1.807) is 0 Å². The van der Waals surface area contributed by atoms with E-state index in [2.05, 4.69) is 20.8 Å². The quantitative estimate of drug-likeness (QED) is 0.808. The first-order valence-electron chi connectivity index (χ1n) is 7.89. The van der Waals surface area contributed by atoms with Gasteiger partial charge in [0.05, 0.1) is 13.2 Å². The second-order valence-electron chi connectivity index (χ2n) is 7.31. The Kier molecular flexibility index (Phi) is 4.75. The summed E-state index contributed by atoms with van der Waals surface area (Å²) in [7, 11) is 0. The molecule has 1 saturated carbocycles. The molecule has 0 bridgehead atoms. The van der Waals surface area contributed by atoms with Crippen molar-refractivity contribution in [2.75, 3.05) is 13.2 Å². The van der Waals surface area contributed by atoms with Gasteiger partial charge in [0, 0.05) is 6.04 Å². The van der Waals surface area contributed by atoms with E-state index in [0.717, 1.165) is 12.8 Å². The van der Waals surface area contributed by atoms with E-state index in [4.69, 9.17) is 15.2 Å². The van der Waals surface area contributed by atoms with Crippen LogP contribution in [-0.2, 0) is 14.3 Å². The number of carbonyl (C=O) groups is 1. The van der Waals surface area contributed by atoms with Gasteiger partial charge in [0.25, 0.3) is 0 Å². The molecule has 1 heterocycles. The number of hydrogen-bond donors (Lipinski definition) is 1. The van der Waals surface area contributed by atoms with Crippen molar-refractivity contribution in [2.45, 2.75) is 59.1 Å². The molecule has 5 atom stereocenters. The van der Waals surface area contributed by atoms with Crippen molar-refractivity contribution in [1.29, 1.82) is 0 Å². The van der Waals surface area contributed by atoms with Gasteiger partial charge in [-0.3, -0.25) is 4.79 Å². The molecular weight excluding hydrogens is 254 g/mol. The minimum atomic E-state index is -0.678. The molecule has 0 spiro atoms. The van der Waals surface area contributed by atoms with E-state index < -0.39 is 5.41 Å². The average Bonchev–Trinajstić information content (AvgIpc) is 2.70. The minimum Gasteiger partial charge on any atom is -0.462 e. The molecule has 4 nitrogen and oxygen atoms in total. The van der Waals surface area contributed by atoms with E-state index in [0.29, 0.717) is 31.0 Å². The van der Waals surface area contributed by atoms with Crippen LogP contribution in [0.25, 0.3) is 0 Å². The van der Waals surface area contributed by atoms with Crippen molar-refractivity contribution in [2.24, 2.45) is 28.9 Å². The molecule has 2 N–H and O–H groups in total. The van der Waals surface area contributed by atoms with Crippen LogP contribution in [0.15, 0.2) is 0 Å². The maximum atomic E-state index is 12.5. The Hall–Kier alpha value is -0.610. The van der Waals surface area contributed by atoms with Crippen LogP contribution in [-0.4, -0.2) is 31.3 Å². The third kappa shape index (κ3) is 3.01. The Balaban J connectivity index is 2.04. The Labute approximate surface area is 122 Å². The van der Waals surface area contributed by atoms with Crippen LogP contribution in [0.4, 0.5) is 0 Å². The Bertz CT molecular complexity index is 358. The molecule has 0 aromatic carbocycles. The van der Waals surface area contributed by atoms with Gasteiger partial charge in [-0.15, -0.1) is 0 Å². The normalized spacial score (nSPS) is 41.9.